The molecule has 8 nitrogen and oxygen atoms in total. The largest absolute Gasteiger partial charge is 0.394 e. The summed E-state index contributed by atoms with van der Waals surface area (Å²) in [6, 6.07) is 1.59. The van der Waals surface area contributed by atoms with Gasteiger partial charge in [0.1, 0.15) is 4.90 Å². The highest BCUT2D eigenvalue weighted by Crippen LogP contribution is 2.21. The van der Waals surface area contributed by atoms with E-state index < -0.39 is 10.0 Å². The Labute approximate surface area is 116 Å². The molecule has 20 heavy (non-hydrogen) atoms. The zero-order valence-corrected chi connectivity index (χ0v) is 11.9. The Morgan fingerprint density at radius 3 is 2.55 bits per heavy atom. The highest BCUT2D eigenvalue weighted by Gasteiger charge is 2.25. The lowest BCUT2D eigenvalue weighted by molar-refractivity contribution is 0.267. The molecule has 0 radical (unpaired) electrons. The van der Waals surface area contributed by atoms with Crippen LogP contribution in [0.4, 0.5) is 5.95 Å². The first-order valence-electron chi connectivity index (χ1n) is 5.90. The van der Waals surface area contributed by atoms with Crippen LogP contribution in [-0.2, 0) is 16.6 Å². The highest BCUT2D eigenvalue weighted by atomic mass is 32.2. The molecule has 2 N–H and O–H groups in total. The average Bonchev–Trinajstić information content (AvgIpc) is 2.66. The molecule has 0 fully saturated rings. The molecule has 2 aromatic heterocycles. The standard InChI is InChI=1S/C11H15N5O3S/c1-8-10(9(2)16(14-8)6-7-17)20(18,19)15-11-12-4-3-5-13-11/h3-5,17H,6-7H2,1-2H3,(H,12,13,15). The van der Waals surface area contributed by atoms with Gasteiger partial charge in [0.25, 0.3) is 10.0 Å². The van der Waals surface area contributed by atoms with Crippen molar-refractivity contribution in [1.29, 1.82) is 0 Å². The number of aromatic nitrogens is 4. The van der Waals surface area contributed by atoms with Crippen LogP contribution in [0.1, 0.15) is 11.4 Å². The molecule has 0 aliphatic carbocycles. The third-order valence-electron chi connectivity index (χ3n) is 2.69. The summed E-state index contributed by atoms with van der Waals surface area (Å²) in [5.41, 5.74) is 0.819. The Bertz CT molecular complexity index is 696. The third kappa shape index (κ3) is 2.78. The van der Waals surface area contributed by atoms with E-state index in [0.29, 0.717) is 11.4 Å². The SMILES string of the molecule is Cc1nn(CCO)c(C)c1S(=O)(=O)Nc1ncccn1. The summed E-state index contributed by atoms with van der Waals surface area (Å²) in [5, 5.41) is 13.0. The smallest absolute Gasteiger partial charge is 0.267 e. The summed E-state index contributed by atoms with van der Waals surface area (Å²) >= 11 is 0. The molecule has 2 rings (SSSR count). The maximum Gasteiger partial charge on any atom is 0.267 e. The number of sulfonamides is 1. The Morgan fingerprint density at radius 1 is 1.30 bits per heavy atom. The number of aliphatic hydroxyl groups excluding tert-OH is 1. The minimum atomic E-state index is -3.81. The van der Waals surface area contributed by atoms with Crippen molar-refractivity contribution in [3.8, 4) is 0 Å². The predicted octanol–water partition coefficient (Wildman–Crippen LogP) is 0.0830. The lowest BCUT2D eigenvalue weighted by Gasteiger charge is -2.07. The van der Waals surface area contributed by atoms with Crippen molar-refractivity contribution in [2.75, 3.05) is 11.3 Å². The quantitative estimate of drug-likeness (QED) is 0.809. The first-order valence-corrected chi connectivity index (χ1v) is 7.38. The van der Waals surface area contributed by atoms with Crippen molar-refractivity contribution in [2.24, 2.45) is 0 Å². The van der Waals surface area contributed by atoms with Gasteiger partial charge in [-0.2, -0.15) is 5.10 Å². The van der Waals surface area contributed by atoms with E-state index in [1.807, 2.05) is 0 Å². The molecule has 0 saturated carbocycles. The number of hydrogen-bond donors (Lipinski definition) is 2. The topological polar surface area (TPSA) is 110 Å². The zero-order valence-electron chi connectivity index (χ0n) is 11.1. The lowest BCUT2D eigenvalue weighted by Crippen LogP contribution is -2.16. The van der Waals surface area contributed by atoms with Crippen LogP contribution >= 0.6 is 0 Å². The second-order valence-electron chi connectivity index (χ2n) is 4.12. The van der Waals surface area contributed by atoms with Crippen LogP contribution in [0, 0.1) is 13.8 Å². The molecule has 108 valence electrons. The van der Waals surface area contributed by atoms with E-state index in [0.717, 1.165) is 0 Å². The van der Waals surface area contributed by atoms with Gasteiger partial charge in [-0.25, -0.2) is 23.1 Å². The Kier molecular flexibility index (Phi) is 4.00. The van der Waals surface area contributed by atoms with Crippen LogP contribution in [0.25, 0.3) is 0 Å². The van der Waals surface area contributed by atoms with E-state index in [1.165, 1.54) is 17.1 Å². The van der Waals surface area contributed by atoms with Crippen molar-refractivity contribution in [3.63, 3.8) is 0 Å². The fourth-order valence-electron chi connectivity index (χ4n) is 1.90. The van der Waals surface area contributed by atoms with Gasteiger partial charge < -0.3 is 5.11 Å². The molecule has 0 atom stereocenters. The van der Waals surface area contributed by atoms with E-state index in [1.54, 1.807) is 19.9 Å². The van der Waals surface area contributed by atoms with Gasteiger partial charge in [-0.15, -0.1) is 0 Å². The van der Waals surface area contributed by atoms with E-state index in [2.05, 4.69) is 19.8 Å². The van der Waals surface area contributed by atoms with Gasteiger partial charge in [-0.1, -0.05) is 0 Å². The fourth-order valence-corrected chi connectivity index (χ4v) is 3.28. The number of anilines is 1. The number of rotatable bonds is 5. The second kappa shape index (κ2) is 5.55. The molecule has 0 aliphatic heterocycles. The van der Waals surface area contributed by atoms with E-state index >= 15 is 0 Å². The summed E-state index contributed by atoms with van der Waals surface area (Å²) < 4.78 is 28.5. The van der Waals surface area contributed by atoms with Crippen LogP contribution < -0.4 is 4.72 Å². The number of nitrogens with zero attached hydrogens (tertiary/aromatic N) is 4. The molecule has 0 aliphatic rings. The molecule has 0 aromatic carbocycles. The minimum Gasteiger partial charge on any atom is -0.394 e. The van der Waals surface area contributed by atoms with Gasteiger partial charge in [0.15, 0.2) is 0 Å². The summed E-state index contributed by atoms with van der Waals surface area (Å²) in [4.78, 5) is 7.73. The molecule has 0 amide bonds. The van der Waals surface area contributed by atoms with Crippen molar-refractivity contribution in [1.82, 2.24) is 19.7 Å². The van der Waals surface area contributed by atoms with Crippen LogP contribution in [0.3, 0.4) is 0 Å². The average molecular weight is 297 g/mol. The number of aliphatic hydroxyl groups is 1. The van der Waals surface area contributed by atoms with Crippen LogP contribution in [-0.4, -0.2) is 39.9 Å². The van der Waals surface area contributed by atoms with Crippen LogP contribution in [0.5, 0.6) is 0 Å². The van der Waals surface area contributed by atoms with Gasteiger partial charge in [-0.05, 0) is 19.9 Å². The molecule has 0 spiro atoms. The van der Waals surface area contributed by atoms with Crippen molar-refractivity contribution >= 4 is 16.0 Å². The van der Waals surface area contributed by atoms with Crippen molar-refractivity contribution in [2.45, 2.75) is 25.3 Å². The molecule has 9 heteroatoms. The van der Waals surface area contributed by atoms with E-state index in [-0.39, 0.29) is 24.0 Å². The highest BCUT2D eigenvalue weighted by molar-refractivity contribution is 7.92. The van der Waals surface area contributed by atoms with Crippen LogP contribution in [0.15, 0.2) is 23.4 Å². The molecule has 0 bridgehead atoms. The third-order valence-corrected chi connectivity index (χ3v) is 4.27. The normalized spacial score (nSPS) is 11.6. The molecular formula is C11H15N5O3S. The van der Waals surface area contributed by atoms with E-state index in [9.17, 15) is 8.42 Å². The molecule has 0 unspecified atom stereocenters. The Morgan fingerprint density at radius 2 is 1.95 bits per heavy atom. The lowest BCUT2D eigenvalue weighted by atomic mass is 10.4. The first-order chi connectivity index (χ1) is 9.45. The summed E-state index contributed by atoms with van der Waals surface area (Å²) in [7, 11) is -3.81. The predicted molar refractivity (Wildman–Crippen MR) is 71.6 cm³/mol. The minimum absolute atomic E-state index is 0.00112. The Hall–Kier alpha value is -2.00. The van der Waals surface area contributed by atoms with Crippen molar-refractivity contribution < 1.29 is 13.5 Å². The van der Waals surface area contributed by atoms with Crippen LogP contribution in [0.2, 0.25) is 0 Å². The number of nitrogens with one attached hydrogen (secondary N) is 1. The molecule has 0 saturated heterocycles. The molecule has 2 aromatic rings. The zero-order chi connectivity index (χ0) is 14.8. The summed E-state index contributed by atoms with van der Waals surface area (Å²) in [6.07, 6.45) is 2.89. The van der Waals surface area contributed by atoms with Gasteiger partial charge in [0, 0.05) is 12.4 Å². The summed E-state index contributed by atoms with van der Waals surface area (Å²) in [5.74, 6) is 0.00112. The number of hydrogen-bond acceptors (Lipinski definition) is 6. The monoisotopic (exact) mass is 297 g/mol. The summed E-state index contributed by atoms with van der Waals surface area (Å²) in [6.45, 7) is 3.36. The van der Waals surface area contributed by atoms with Gasteiger partial charge in [0.2, 0.25) is 5.95 Å². The maximum absolute atomic E-state index is 12.4. The maximum atomic E-state index is 12.4. The van der Waals surface area contributed by atoms with Gasteiger partial charge in [0.05, 0.1) is 24.5 Å². The second-order valence-corrected chi connectivity index (χ2v) is 5.74. The molecular weight excluding hydrogens is 282 g/mol. The van der Waals surface area contributed by atoms with Gasteiger partial charge >= 0.3 is 0 Å². The van der Waals surface area contributed by atoms with Crippen molar-refractivity contribution in [3.05, 3.63) is 29.8 Å². The number of aryl methyl sites for hydroxylation is 1. The van der Waals surface area contributed by atoms with Gasteiger partial charge in [-0.3, -0.25) is 4.68 Å². The Balaban J connectivity index is 2.40. The fraction of sp³-hybridized carbons (Fsp3) is 0.364. The van der Waals surface area contributed by atoms with E-state index in [4.69, 9.17) is 5.11 Å². The molecule has 2 heterocycles. The first kappa shape index (κ1) is 14.4.